The van der Waals surface area contributed by atoms with Crippen LogP contribution < -0.4 is 10.6 Å². The molecule has 0 heterocycles. The Morgan fingerprint density at radius 1 is 1.04 bits per heavy atom. The quantitative estimate of drug-likeness (QED) is 0.660. The second-order valence-electron chi connectivity index (χ2n) is 6.06. The number of carbonyl (C=O) groups excluding carboxylic acids is 2. The molecule has 27 heavy (non-hydrogen) atoms. The molecule has 0 aliphatic rings. The molecular formula is C20H21FN2O4. The molecule has 2 amide bonds. The number of aliphatic carboxylic acids is 1. The summed E-state index contributed by atoms with van der Waals surface area (Å²) in [5.41, 5.74) is -0.656. The van der Waals surface area contributed by atoms with Crippen molar-refractivity contribution in [2.24, 2.45) is 0 Å². The maximum atomic E-state index is 13.1. The zero-order valence-electron chi connectivity index (χ0n) is 14.9. The van der Waals surface area contributed by atoms with Crippen LogP contribution in [0.4, 0.5) is 4.39 Å². The molecule has 1 unspecified atom stereocenters. The highest BCUT2D eigenvalue weighted by atomic mass is 19.1. The maximum absolute atomic E-state index is 13.1. The standard InChI is InChI=1S/C20H21FN2O4/c1-2-20(19(26)27,15-8-4-3-5-9-15)23-18(25)13-22-17(24)12-14-7-6-10-16(21)11-14/h3-11H,2,12-13H2,1H3,(H,22,24)(H,23,25)(H,26,27). The van der Waals surface area contributed by atoms with Gasteiger partial charge in [0.1, 0.15) is 5.82 Å². The molecule has 0 aliphatic heterocycles. The molecular weight excluding hydrogens is 351 g/mol. The molecule has 0 aromatic heterocycles. The van der Waals surface area contributed by atoms with Gasteiger partial charge in [0, 0.05) is 0 Å². The highest BCUT2D eigenvalue weighted by Crippen LogP contribution is 2.25. The topological polar surface area (TPSA) is 95.5 Å². The van der Waals surface area contributed by atoms with Gasteiger partial charge < -0.3 is 15.7 Å². The summed E-state index contributed by atoms with van der Waals surface area (Å²) in [7, 11) is 0. The van der Waals surface area contributed by atoms with E-state index in [0.29, 0.717) is 11.1 Å². The van der Waals surface area contributed by atoms with E-state index in [1.54, 1.807) is 43.3 Å². The summed E-state index contributed by atoms with van der Waals surface area (Å²) in [4.78, 5) is 36.1. The number of carboxylic acids is 1. The van der Waals surface area contributed by atoms with Crippen LogP contribution in [0.25, 0.3) is 0 Å². The fourth-order valence-electron chi connectivity index (χ4n) is 2.77. The van der Waals surface area contributed by atoms with E-state index in [9.17, 15) is 23.9 Å². The molecule has 0 radical (unpaired) electrons. The Morgan fingerprint density at radius 2 is 1.74 bits per heavy atom. The maximum Gasteiger partial charge on any atom is 0.334 e. The fraction of sp³-hybridized carbons (Fsp3) is 0.250. The summed E-state index contributed by atoms with van der Waals surface area (Å²) in [6.07, 6.45) is 0.0525. The average Bonchev–Trinajstić information content (AvgIpc) is 2.65. The number of rotatable bonds is 8. The van der Waals surface area contributed by atoms with Gasteiger partial charge in [0.25, 0.3) is 0 Å². The number of benzene rings is 2. The van der Waals surface area contributed by atoms with Crippen LogP contribution in [0, 0.1) is 5.82 Å². The Kier molecular flexibility index (Phi) is 6.65. The molecule has 0 saturated carbocycles. The Morgan fingerprint density at radius 3 is 2.33 bits per heavy atom. The third-order valence-corrected chi connectivity index (χ3v) is 4.21. The summed E-state index contributed by atoms with van der Waals surface area (Å²) < 4.78 is 13.1. The van der Waals surface area contributed by atoms with Crippen molar-refractivity contribution in [2.75, 3.05) is 6.54 Å². The van der Waals surface area contributed by atoms with E-state index in [4.69, 9.17) is 0 Å². The minimum absolute atomic E-state index is 0.0818. The molecule has 0 spiro atoms. The molecule has 1 atom stereocenters. The normalized spacial score (nSPS) is 12.7. The molecule has 0 saturated heterocycles. The monoisotopic (exact) mass is 372 g/mol. The van der Waals surface area contributed by atoms with Gasteiger partial charge in [-0.2, -0.15) is 0 Å². The number of hydrogen-bond acceptors (Lipinski definition) is 3. The lowest BCUT2D eigenvalue weighted by molar-refractivity contribution is -0.148. The van der Waals surface area contributed by atoms with Gasteiger partial charge in [0.05, 0.1) is 13.0 Å². The van der Waals surface area contributed by atoms with Crippen LogP contribution in [0.1, 0.15) is 24.5 Å². The van der Waals surface area contributed by atoms with Crippen molar-refractivity contribution in [2.45, 2.75) is 25.3 Å². The number of amides is 2. The third-order valence-electron chi connectivity index (χ3n) is 4.21. The van der Waals surface area contributed by atoms with Crippen LogP contribution in [-0.4, -0.2) is 29.4 Å². The second kappa shape index (κ2) is 8.93. The van der Waals surface area contributed by atoms with Gasteiger partial charge in [0.15, 0.2) is 5.54 Å². The zero-order valence-corrected chi connectivity index (χ0v) is 14.9. The van der Waals surface area contributed by atoms with E-state index in [2.05, 4.69) is 10.6 Å². The van der Waals surface area contributed by atoms with Crippen LogP contribution in [0.15, 0.2) is 54.6 Å². The molecule has 2 aromatic carbocycles. The average molecular weight is 372 g/mol. The minimum Gasteiger partial charge on any atom is -0.479 e. The van der Waals surface area contributed by atoms with Crippen LogP contribution >= 0.6 is 0 Å². The molecule has 0 bridgehead atoms. The van der Waals surface area contributed by atoms with Crippen molar-refractivity contribution in [3.8, 4) is 0 Å². The van der Waals surface area contributed by atoms with Gasteiger partial charge in [0.2, 0.25) is 11.8 Å². The highest BCUT2D eigenvalue weighted by molar-refractivity contribution is 5.91. The summed E-state index contributed by atoms with van der Waals surface area (Å²) in [5, 5.41) is 14.6. The molecule has 2 aromatic rings. The molecule has 0 fully saturated rings. The third kappa shape index (κ3) is 5.13. The Bertz CT molecular complexity index is 826. The summed E-state index contributed by atoms with van der Waals surface area (Å²) in [6, 6.07) is 14.0. The lowest BCUT2D eigenvalue weighted by Crippen LogP contribution is -2.53. The zero-order chi connectivity index (χ0) is 19.9. The predicted molar refractivity (Wildman–Crippen MR) is 97.3 cm³/mol. The van der Waals surface area contributed by atoms with Crippen LogP contribution in [0.2, 0.25) is 0 Å². The van der Waals surface area contributed by atoms with Crippen molar-refractivity contribution in [1.82, 2.24) is 10.6 Å². The van der Waals surface area contributed by atoms with Crippen LogP contribution in [0.5, 0.6) is 0 Å². The SMILES string of the molecule is CCC(NC(=O)CNC(=O)Cc1cccc(F)c1)(C(=O)O)c1ccccc1. The number of carbonyl (C=O) groups is 3. The second-order valence-corrected chi connectivity index (χ2v) is 6.06. The number of halogens is 1. The highest BCUT2D eigenvalue weighted by Gasteiger charge is 2.40. The first-order valence-corrected chi connectivity index (χ1v) is 8.48. The summed E-state index contributed by atoms with van der Waals surface area (Å²) >= 11 is 0. The smallest absolute Gasteiger partial charge is 0.334 e. The largest absolute Gasteiger partial charge is 0.479 e. The van der Waals surface area contributed by atoms with Crippen molar-refractivity contribution >= 4 is 17.8 Å². The van der Waals surface area contributed by atoms with E-state index in [-0.39, 0.29) is 19.4 Å². The molecule has 3 N–H and O–H groups in total. The number of carboxylic acid groups (broad SMARTS) is 1. The van der Waals surface area contributed by atoms with Crippen molar-refractivity contribution in [3.05, 3.63) is 71.5 Å². The molecule has 0 aliphatic carbocycles. The van der Waals surface area contributed by atoms with E-state index in [1.807, 2.05) is 0 Å². The van der Waals surface area contributed by atoms with E-state index >= 15 is 0 Å². The van der Waals surface area contributed by atoms with Crippen molar-refractivity contribution in [1.29, 1.82) is 0 Å². The van der Waals surface area contributed by atoms with E-state index in [0.717, 1.165) is 0 Å². The first-order valence-electron chi connectivity index (χ1n) is 8.48. The van der Waals surface area contributed by atoms with Gasteiger partial charge >= 0.3 is 5.97 Å². The summed E-state index contributed by atoms with van der Waals surface area (Å²) in [5.74, 6) is -2.73. The van der Waals surface area contributed by atoms with Gasteiger partial charge in [-0.05, 0) is 29.7 Å². The lowest BCUT2D eigenvalue weighted by Gasteiger charge is -2.30. The molecule has 142 valence electrons. The molecule has 2 rings (SSSR count). The van der Waals surface area contributed by atoms with Gasteiger partial charge in [-0.15, -0.1) is 0 Å². The molecule has 7 heteroatoms. The Balaban J connectivity index is 2.00. The lowest BCUT2D eigenvalue weighted by atomic mass is 9.87. The van der Waals surface area contributed by atoms with Gasteiger partial charge in [-0.3, -0.25) is 9.59 Å². The number of hydrogen-bond donors (Lipinski definition) is 3. The van der Waals surface area contributed by atoms with Crippen molar-refractivity contribution in [3.63, 3.8) is 0 Å². The van der Waals surface area contributed by atoms with Crippen molar-refractivity contribution < 1.29 is 23.9 Å². The molecule has 6 nitrogen and oxygen atoms in total. The Labute approximate surface area is 156 Å². The van der Waals surface area contributed by atoms with Gasteiger partial charge in [-0.25, -0.2) is 9.18 Å². The Hall–Kier alpha value is -3.22. The predicted octanol–water partition coefficient (Wildman–Crippen LogP) is 1.99. The first kappa shape index (κ1) is 20.1. The van der Waals surface area contributed by atoms with Crippen LogP contribution in [0.3, 0.4) is 0 Å². The first-order chi connectivity index (χ1) is 12.9. The van der Waals surface area contributed by atoms with E-state index < -0.39 is 29.1 Å². The van der Waals surface area contributed by atoms with Gasteiger partial charge in [-0.1, -0.05) is 49.4 Å². The van der Waals surface area contributed by atoms with E-state index in [1.165, 1.54) is 18.2 Å². The fourth-order valence-corrected chi connectivity index (χ4v) is 2.77. The van der Waals surface area contributed by atoms with Crippen LogP contribution in [-0.2, 0) is 26.3 Å². The minimum atomic E-state index is -1.58. The summed E-state index contributed by atoms with van der Waals surface area (Å²) in [6.45, 7) is 1.28. The number of nitrogens with one attached hydrogen (secondary N) is 2.